The number of nitro groups is 2. The van der Waals surface area contributed by atoms with E-state index in [1.807, 2.05) is 0 Å². The van der Waals surface area contributed by atoms with Crippen molar-refractivity contribution in [2.75, 3.05) is 10.6 Å². The highest BCUT2D eigenvalue weighted by atomic mass is 35.5. The van der Waals surface area contributed by atoms with E-state index < -0.39 is 50.4 Å². The lowest BCUT2D eigenvalue weighted by Crippen LogP contribution is -2.32. The molecule has 0 aliphatic rings. The normalized spacial score (nSPS) is 11.6. The van der Waals surface area contributed by atoms with Crippen LogP contribution in [-0.2, 0) is 4.79 Å². The van der Waals surface area contributed by atoms with Crippen LogP contribution in [0.25, 0.3) is 0 Å². The number of benzene rings is 2. The zero-order valence-corrected chi connectivity index (χ0v) is 17.3. The molecule has 3 N–H and O–H groups in total. The first-order valence-electron chi connectivity index (χ1n) is 9.02. The molecule has 0 saturated heterocycles. The third-order valence-electron chi connectivity index (χ3n) is 4.18. The molecule has 0 bridgehead atoms. The fraction of sp³-hybridized carbons (Fsp3) is 0.263. The summed E-state index contributed by atoms with van der Waals surface area (Å²) in [6.07, 6.45) is 0.0989. The molecular formula is C19H19ClN4O7. The van der Waals surface area contributed by atoms with Crippen molar-refractivity contribution in [3.8, 4) is 0 Å². The van der Waals surface area contributed by atoms with Crippen LogP contribution in [0.3, 0.4) is 0 Å². The minimum Gasteiger partial charge on any atom is -0.480 e. The van der Waals surface area contributed by atoms with Gasteiger partial charge in [0, 0.05) is 16.8 Å². The van der Waals surface area contributed by atoms with Crippen LogP contribution < -0.4 is 10.6 Å². The van der Waals surface area contributed by atoms with Crippen molar-refractivity contribution < 1.29 is 24.5 Å². The van der Waals surface area contributed by atoms with Crippen molar-refractivity contribution in [1.29, 1.82) is 0 Å². The van der Waals surface area contributed by atoms with Gasteiger partial charge >= 0.3 is 5.97 Å². The molecule has 31 heavy (non-hydrogen) atoms. The van der Waals surface area contributed by atoms with E-state index in [0.717, 1.165) is 6.07 Å². The minimum atomic E-state index is -1.29. The molecule has 0 spiro atoms. The topological polar surface area (TPSA) is 165 Å². The van der Waals surface area contributed by atoms with E-state index >= 15 is 0 Å². The van der Waals surface area contributed by atoms with Gasteiger partial charge in [-0.1, -0.05) is 25.4 Å². The fourth-order valence-corrected chi connectivity index (χ4v) is 2.92. The van der Waals surface area contributed by atoms with Gasteiger partial charge in [0.05, 0.1) is 21.5 Å². The van der Waals surface area contributed by atoms with Gasteiger partial charge in [0.15, 0.2) is 0 Å². The molecule has 0 saturated carbocycles. The molecule has 0 heterocycles. The average Bonchev–Trinajstić information content (AvgIpc) is 2.68. The number of non-ortho nitro benzene ring substituents is 1. The summed E-state index contributed by atoms with van der Waals surface area (Å²) >= 11 is 5.80. The van der Waals surface area contributed by atoms with E-state index in [0.29, 0.717) is 11.1 Å². The molecule has 164 valence electrons. The van der Waals surface area contributed by atoms with Crippen molar-refractivity contribution in [3.63, 3.8) is 0 Å². The van der Waals surface area contributed by atoms with Crippen LogP contribution in [0.4, 0.5) is 22.7 Å². The highest BCUT2D eigenvalue weighted by Gasteiger charge is 2.31. The second kappa shape index (κ2) is 9.85. The molecule has 12 heteroatoms. The quantitative estimate of drug-likeness (QED) is 0.375. The van der Waals surface area contributed by atoms with Crippen molar-refractivity contribution >= 4 is 46.2 Å². The Hall–Kier alpha value is -3.73. The Morgan fingerprint density at radius 3 is 2.19 bits per heavy atom. The van der Waals surface area contributed by atoms with Gasteiger partial charge in [-0.2, -0.15) is 0 Å². The Labute approximate surface area is 181 Å². The second-order valence-corrected chi connectivity index (χ2v) is 7.46. The van der Waals surface area contributed by atoms with Crippen LogP contribution in [0.2, 0.25) is 5.02 Å². The van der Waals surface area contributed by atoms with Crippen molar-refractivity contribution in [2.24, 2.45) is 5.92 Å². The maximum absolute atomic E-state index is 12.9. The molecule has 0 aliphatic heterocycles. The number of rotatable bonds is 9. The number of anilines is 2. The first-order valence-corrected chi connectivity index (χ1v) is 9.40. The maximum atomic E-state index is 12.9. The van der Waals surface area contributed by atoms with Gasteiger partial charge in [-0.05, 0) is 36.6 Å². The monoisotopic (exact) mass is 450 g/mol. The van der Waals surface area contributed by atoms with Gasteiger partial charge in [-0.25, -0.2) is 4.79 Å². The summed E-state index contributed by atoms with van der Waals surface area (Å²) in [6.45, 7) is 3.52. The molecule has 0 aliphatic carbocycles. The lowest BCUT2D eigenvalue weighted by Gasteiger charge is -2.19. The Kier molecular flexibility index (Phi) is 7.48. The number of nitro benzene ring substituents is 2. The highest BCUT2D eigenvalue weighted by molar-refractivity contribution is 6.30. The van der Waals surface area contributed by atoms with E-state index in [1.165, 1.54) is 24.3 Å². The number of halogens is 1. The Morgan fingerprint density at radius 1 is 1.10 bits per heavy atom. The number of nitrogens with zero attached hydrogens (tertiary/aromatic N) is 2. The number of aliphatic carboxylic acids is 1. The number of amides is 1. The van der Waals surface area contributed by atoms with E-state index in [1.54, 1.807) is 13.8 Å². The molecule has 0 fully saturated rings. The molecule has 2 aromatic rings. The fourth-order valence-electron chi connectivity index (χ4n) is 2.79. The molecule has 0 aromatic heterocycles. The average molecular weight is 451 g/mol. The second-order valence-electron chi connectivity index (χ2n) is 7.03. The number of hydrogen-bond acceptors (Lipinski definition) is 7. The van der Waals surface area contributed by atoms with Gasteiger partial charge in [-0.15, -0.1) is 0 Å². The zero-order valence-electron chi connectivity index (χ0n) is 16.5. The van der Waals surface area contributed by atoms with Crippen LogP contribution in [-0.4, -0.2) is 32.9 Å². The Balaban J connectivity index is 2.60. The summed E-state index contributed by atoms with van der Waals surface area (Å²) < 4.78 is 0. The minimum absolute atomic E-state index is 0.0861. The van der Waals surface area contributed by atoms with Crippen molar-refractivity contribution in [2.45, 2.75) is 26.3 Å². The molecule has 2 rings (SSSR count). The van der Waals surface area contributed by atoms with Crippen molar-refractivity contribution in [3.05, 3.63) is 67.2 Å². The van der Waals surface area contributed by atoms with Gasteiger partial charge in [0.25, 0.3) is 17.3 Å². The number of carboxylic acid groups (broad SMARTS) is 1. The van der Waals surface area contributed by atoms with Crippen LogP contribution in [0.1, 0.15) is 30.6 Å². The molecule has 0 radical (unpaired) electrons. The summed E-state index contributed by atoms with van der Waals surface area (Å²) in [5.41, 5.74) is -2.05. The number of carbonyl (C=O) groups is 2. The lowest BCUT2D eigenvalue weighted by molar-refractivity contribution is -0.393. The van der Waals surface area contributed by atoms with Crippen LogP contribution in [0, 0.1) is 26.1 Å². The number of carbonyl (C=O) groups excluding carboxylic acids is 1. The van der Waals surface area contributed by atoms with Crippen LogP contribution in [0.5, 0.6) is 0 Å². The van der Waals surface area contributed by atoms with E-state index in [2.05, 4.69) is 10.6 Å². The maximum Gasteiger partial charge on any atom is 0.326 e. The summed E-state index contributed by atoms with van der Waals surface area (Å²) in [7, 11) is 0. The van der Waals surface area contributed by atoms with E-state index in [-0.39, 0.29) is 18.0 Å². The third-order valence-corrected chi connectivity index (χ3v) is 4.43. The molecule has 11 nitrogen and oxygen atoms in total. The van der Waals surface area contributed by atoms with Crippen LogP contribution in [0.15, 0.2) is 36.4 Å². The molecule has 2 aromatic carbocycles. The lowest BCUT2D eigenvalue weighted by atomic mass is 10.0. The van der Waals surface area contributed by atoms with Gasteiger partial charge in [-0.3, -0.25) is 25.0 Å². The molecule has 1 amide bonds. The zero-order chi connectivity index (χ0) is 23.3. The van der Waals surface area contributed by atoms with E-state index in [4.69, 9.17) is 11.6 Å². The Bertz CT molecular complexity index is 1020. The summed E-state index contributed by atoms with van der Waals surface area (Å²) in [6, 6.07) is 6.20. The number of hydrogen-bond donors (Lipinski definition) is 3. The molecular weight excluding hydrogens is 432 g/mol. The number of nitrogens with one attached hydrogen (secondary N) is 2. The van der Waals surface area contributed by atoms with Gasteiger partial charge in [0.1, 0.15) is 11.7 Å². The van der Waals surface area contributed by atoms with Crippen LogP contribution >= 0.6 is 11.6 Å². The highest BCUT2D eigenvalue weighted by Crippen LogP contribution is 2.35. The smallest absolute Gasteiger partial charge is 0.326 e. The standard InChI is InChI=1S/C19H19ClN4O7/c1-10(2)7-15(19(26)27)22-17-14(8-13(23(28)29)9-16(17)24(30)31)18(25)21-12-5-3-11(20)4-6-12/h3-6,8-10,15,22H,7H2,1-2H3,(H,21,25)(H,26,27). The van der Waals surface area contributed by atoms with Gasteiger partial charge in [0.2, 0.25) is 0 Å². The third kappa shape index (κ3) is 6.12. The summed E-state index contributed by atoms with van der Waals surface area (Å²) in [5, 5.41) is 37.7. The van der Waals surface area contributed by atoms with Crippen molar-refractivity contribution in [1.82, 2.24) is 0 Å². The van der Waals surface area contributed by atoms with E-state index in [9.17, 15) is 34.9 Å². The van der Waals surface area contributed by atoms with Gasteiger partial charge < -0.3 is 15.7 Å². The first-order chi connectivity index (χ1) is 14.5. The SMILES string of the molecule is CC(C)CC(Nc1c(C(=O)Nc2ccc(Cl)cc2)cc([N+](=O)[O-])cc1[N+](=O)[O-])C(=O)O. The summed E-state index contributed by atoms with van der Waals surface area (Å²) in [4.78, 5) is 45.6. The molecule has 1 atom stereocenters. The summed E-state index contributed by atoms with van der Waals surface area (Å²) in [5.74, 6) is -2.27. The first kappa shape index (κ1) is 23.5. The predicted octanol–water partition coefficient (Wildman–Crippen LogP) is 4.32. The Morgan fingerprint density at radius 2 is 1.71 bits per heavy atom. The largest absolute Gasteiger partial charge is 0.480 e. The molecule has 1 unspecified atom stereocenters. The number of carboxylic acids is 1. The predicted molar refractivity (Wildman–Crippen MR) is 114 cm³/mol.